The van der Waals surface area contributed by atoms with Crippen LogP contribution in [0.15, 0.2) is 42.5 Å². The Morgan fingerprint density at radius 2 is 1.95 bits per heavy atom. The van der Waals surface area contributed by atoms with Crippen LogP contribution < -0.4 is 4.74 Å². The summed E-state index contributed by atoms with van der Waals surface area (Å²) in [6.45, 7) is 3.85. The number of carboxylic acid groups (broad SMARTS) is 1. The molecule has 0 bridgehead atoms. The molecule has 0 unspecified atom stereocenters. The average molecular weight is 286 g/mol. The van der Waals surface area contributed by atoms with Crippen LogP contribution in [0, 0.1) is 19.7 Å². The number of rotatable bonds is 4. The van der Waals surface area contributed by atoms with E-state index < -0.39 is 11.8 Å². The van der Waals surface area contributed by atoms with Crippen LogP contribution in [-0.4, -0.2) is 11.1 Å². The van der Waals surface area contributed by atoms with E-state index in [4.69, 9.17) is 9.84 Å². The molecule has 0 saturated carbocycles. The molecule has 0 aliphatic heterocycles. The van der Waals surface area contributed by atoms with E-state index in [2.05, 4.69) is 0 Å². The molecular weight excluding hydrogens is 271 g/mol. The Morgan fingerprint density at radius 1 is 1.19 bits per heavy atom. The van der Waals surface area contributed by atoms with Crippen LogP contribution in [0.2, 0.25) is 0 Å². The summed E-state index contributed by atoms with van der Waals surface area (Å²) in [7, 11) is 0. The highest BCUT2D eigenvalue weighted by atomic mass is 19.1. The van der Waals surface area contributed by atoms with Crippen molar-refractivity contribution in [3.05, 3.63) is 65.0 Å². The number of ether oxygens (including phenoxy) is 1. The fraction of sp³-hybridized carbons (Fsp3) is 0.118. The Hall–Kier alpha value is -2.62. The summed E-state index contributed by atoms with van der Waals surface area (Å²) in [5.41, 5.74) is 2.41. The number of aliphatic carboxylic acids is 1. The predicted octanol–water partition coefficient (Wildman–Crippen LogP) is 4.33. The fourth-order valence-electron chi connectivity index (χ4n) is 1.85. The van der Waals surface area contributed by atoms with Gasteiger partial charge >= 0.3 is 5.97 Å². The number of hydrogen-bond donors (Lipinski definition) is 1. The molecule has 0 spiro atoms. The van der Waals surface area contributed by atoms with Crippen molar-refractivity contribution in [3.63, 3.8) is 0 Å². The summed E-state index contributed by atoms with van der Waals surface area (Å²) >= 11 is 0. The number of carbonyl (C=O) groups is 1. The van der Waals surface area contributed by atoms with Crippen molar-refractivity contribution in [2.45, 2.75) is 13.8 Å². The number of benzene rings is 2. The normalized spacial score (nSPS) is 10.8. The van der Waals surface area contributed by atoms with E-state index in [-0.39, 0.29) is 0 Å². The molecule has 2 aromatic carbocycles. The van der Waals surface area contributed by atoms with Gasteiger partial charge in [-0.2, -0.15) is 0 Å². The topological polar surface area (TPSA) is 46.5 Å². The lowest BCUT2D eigenvalue weighted by atomic mass is 10.1. The highest BCUT2D eigenvalue weighted by molar-refractivity contribution is 5.85. The maximum atomic E-state index is 13.6. The number of aryl methyl sites for hydroxylation is 2. The molecule has 0 heterocycles. The maximum absolute atomic E-state index is 13.6. The van der Waals surface area contributed by atoms with Crippen molar-refractivity contribution in [3.8, 4) is 11.5 Å². The van der Waals surface area contributed by atoms with Gasteiger partial charge in [0.1, 0.15) is 17.3 Å². The summed E-state index contributed by atoms with van der Waals surface area (Å²) in [5.74, 6) is -0.596. The van der Waals surface area contributed by atoms with Crippen LogP contribution in [0.4, 0.5) is 4.39 Å². The molecular formula is C17H15FO3. The van der Waals surface area contributed by atoms with Crippen molar-refractivity contribution in [2.75, 3.05) is 0 Å². The predicted molar refractivity (Wildman–Crippen MR) is 79.1 cm³/mol. The van der Waals surface area contributed by atoms with E-state index in [0.29, 0.717) is 17.1 Å². The molecule has 0 saturated heterocycles. The first kappa shape index (κ1) is 14.8. The maximum Gasteiger partial charge on any atom is 0.328 e. The van der Waals surface area contributed by atoms with E-state index in [1.807, 2.05) is 32.0 Å². The third-order valence-corrected chi connectivity index (χ3v) is 2.88. The molecule has 0 aliphatic rings. The van der Waals surface area contributed by atoms with Crippen LogP contribution in [0.3, 0.4) is 0 Å². The van der Waals surface area contributed by atoms with E-state index in [1.54, 1.807) is 6.07 Å². The average Bonchev–Trinajstić information content (AvgIpc) is 2.40. The number of carboxylic acids is 1. The minimum atomic E-state index is -1.09. The van der Waals surface area contributed by atoms with Gasteiger partial charge in [0.25, 0.3) is 0 Å². The summed E-state index contributed by atoms with van der Waals surface area (Å²) < 4.78 is 19.3. The van der Waals surface area contributed by atoms with Crippen molar-refractivity contribution >= 4 is 12.0 Å². The van der Waals surface area contributed by atoms with Gasteiger partial charge in [0.15, 0.2) is 0 Å². The highest BCUT2D eigenvalue weighted by Crippen LogP contribution is 2.27. The SMILES string of the molecule is Cc1ccc(C)c(Oc2cc(F)cc(/C=C/C(=O)O)c2)c1. The molecule has 0 radical (unpaired) electrons. The molecule has 0 aromatic heterocycles. The molecule has 1 N–H and O–H groups in total. The third kappa shape index (κ3) is 4.18. The molecule has 0 aliphatic carbocycles. The molecule has 2 aromatic rings. The quantitative estimate of drug-likeness (QED) is 0.851. The van der Waals surface area contributed by atoms with Crippen molar-refractivity contribution in [1.29, 1.82) is 0 Å². The van der Waals surface area contributed by atoms with Crippen LogP contribution in [-0.2, 0) is 4.79 Å². The summed E-state index contributed by atoms with van der Waals surface area (Å²) in [4.78, 5) is 10.5. The van der Waals surface area contributed by atoms with Gasteiger partial charge in [0.05, 0.1) is 0 Å². The van der Waals surface area contributed by atoms with Crippen LogP contribution in [0.5, 0.6) is 11.5 Å². The van der Waals surface area contributed by atoms with Gasteiger partial charge in [-0.25, -0.2) is 9.18 Å². The van der Waals surface area contributed by atoms with E-state index in [0.717, 1.165) is 17.2 Å². The lowest BCUT2D eigenvalue weighted by Gasteiger charge is -2.10. The summed E-state index contributed by atoms with van der Waals surface area (Å²) in [6, 6.07) is 9.86. The smallest absolute Gasteiger partial charge is 0.328 e. The molecule has 2 rings (SSSR count). The first-order valence-corrected chi connectivity index (χ1v) is 6.41. The molecule has 0 fully saturated rings. The zero-order chi connectivity index (χ0) is 15.4. The van der Waals surface area contributed by atoms with Crippen molar-refractivity contribution in [2.24, 2.45) is 0 Å². The van der Waals surface area contributed by atoms with Crippen molar-refractivity contribution < 1.29 is 19.0 Å². The third-order valence-electron chi connectivity index (χ3n) is 2.88. The second-order valence-electron chi connectivity index (χ2n) is 4.76. The lowest BCUT2D eigenvalue weighted by Crippen LogP contribution is -1.91. The number of halogens is 1. The lowest BCUT2D eigenvalue weighted by molar-refractivity contribution is -0.131. The highest BCUT2D eigenvalue weighted by Gasteiger charge is 2.05. The first-order chi connectivity index (χ1) is 9.94. The molecule has 4 heteroatoms. The van der Waals surface area contributed by atoms with E-state index in [9.17, 15) is 9.18 Å². The second-order valence-corrected chi connectivity index (χ2v) is 4.76. The standard InChI is InChI=1S/C17H15FO3/c1-11-3-4-12(2)16(7-11)21-15-9-13(5-6-17(19)20)8-14(18)10-15/h3-10H,1-2H3,(H,19,20)/b6-5+. The molecule has 0 amide bonds. The van der Waals surface area contributed by atoms with E-state index in [1.165, 1.54) is 18.2 Å². The van der Waals surface area contributed by atoms with Crippen molar-refractivity contribution in [1.82, 2.24) is 0 Å². The Morgan fingerprint density at radius 3 is 2.67 bits per heavy atom. The monoisotopic (exact) mass is 286 g/mol. The Labute approximate surface area is 122 Å². The van der Waals surface area contributed by atoms with Crippen LogP contribution in [0.25, 0.3) is 6.08 Å². The fourth-order valence-corrected chi connectivity index (χ4v) is 1.85. The zero-order valence-corrected chi connectivity index (χ0v) is 11.8. The van der Waals surface area contributed by atoms with Gasteiger partial charge in [0.2, 0.25) is 0 Å². The Balaban J connectivity index is 2.31. The molecule has 3 nitrogen and oxygen atoms in total. The summed E-state index contributed by atoms with van der Waals surface area (Å²) in [6.07, 6.45) is 2.28. The minimum Gasteiger partial charge on any atom is -0.478 e. The van der Waals surface area contributed by atoms with E-state index >= 15 is 0 Å². The van der Waals surface area contributed by atoms with Crippen LogP contribution >= 0.6 is 0 Å². The zero-order valence-electron chi connectivity index (χ0n) is 11.8. The van der Waals surface area contributed by atoms with Gasteiger partial charge < -0.3 is 9.84 Å². The van der Waals surface area contributed by atoms with Gasteiger partial charge in [-0.05, 0) is 54.8 Å². The van der Waals surface area contributed by atoms with Gasteiger partial charge in [-0.1, -0.05) is 12.1 Å². The Bertz CT molecular complexity index is 705. The first-order valence-electron chi connectivity index (χ1n) is 6.41. The minimum absolute atomic E-state index is 0.328. The molecule has 108 valence electrons. The van der Waals surface area contributed by atoms with Gasteiger partial charge in [-0.15, -0.1) is 0 Å². The van der Waals surface area contributed by atoms with Gasteiger partial charge in [0, 0.05) is 12.1 Å². The molecule has 21 heavy (non-hydrogen) atoms. The second kappa shape index (κ2) is 6.22. The largest absolute Gasteiger partial charge is 0.478 e. The molecule has 0 atom stereocenters. The van der Waals surface area contributed by atoms with Crippen LogP contribution in [0.1, 0.15) is 16.7 Å². The Kier molecular flexibility index (Phi) is 4.38. The van der Waals surface area contributed by atoms with Gasteiger partial charge in [-0.3, -0.25) is 0 Å². The summed E-state index contributed by atoms with van der Waals surface area (Å²) in [5, 5.41) is 8.60. The number of hydrogen-bond acceptors (Lipinski definition) is 2.